The zero-order valence-electron chi connectivity index (χ0n) is 12.2. The number of fused-ring (bicyclic) bond motifs is 4. The number of phenols is 1. The SMILES string of the molecule is Oc1ccc2[nH]c3c(-c4c[nH]c5ccccc45)nccc3c2c1. The van der Waals surface area contributed by atoms with Crippen molar-refractivity contribution in [3.8, 4) is 17.0 Å². The lowest BCUT2D eigenvalue weighted by atomic mass is 10.1. The molecular weight excluding hydrogens is 286 g/mol. The quantitative estimate of drug-likeness (QED) is 0.424. The van der Waals surface area contributed by atoms with Crippen LogP contribution in [0.5, 0.6) is 5.75 Å². The van der Waals surface area contributed by atoms with Crippen LogP contribution in [0.4, 0.5) is 0 Å². The van der Waals surface area contributed by atoms with Gasteiger partial charge in [-0.3, -0.25) is 4.98 Å². The van der Waals surface area contributed by atoms with Crippen LogP contribution in [0.1, 0.15) is 0 Å². The molecule has 0 aliphatic heterocycles. The average Bonchev–Trinajstić information content (AvgIpc) is 3.16. The molecule has 3 heterocycles. The van der Waals surface area contributed by atoms with Gasteiger partial charge in [-0.05, 0) is 30.3 Å². The number of aromatic hydroxyl groups is 1. The van der Waals surface area contributed by atoms with Crippen LogP contribution in [-0.2, 0) is 0 Å². The molecule has 5 aromatic rings. The summed E-state index contributed by atoms with van der Waals surface area (Å²) in [5.41, 5.74) is 5.05. The molecule has 0 atom stereocenters. The predicted octanol–water partition coefficient (Wildman–Crippen LogP) is 4.57. The third kappa shape index (κ3) is 1.69. The first kappa shape index (κ1) is 12.3. The van der Waals surface area contributed by atoms with Crippen molar-refractivity contribution in [1.29, 1.82) is 0 Å². The summed E-state index contributed by atoms with van der Waals surface area (Å²) in [4.78, 5) is 11.3. The van der Waals surface area contributed by atoms with E-state index in [1.165, 1.54) is 0 Å². The van der Waals surface area contributed by atoms with Crippen LogP contribution < -0.4 is 0 Å². The fraction of sp³-hybridized carbons (Fsp3) is 0. The Morgan fingerprint density at radius 1 is 0.870 bits per heavy atom. The summed E-state index contributed by atoms with van der Waals surface area (Å²) in [7, 11) is 0. The Balaban J connectivity index is 1.90. The maximum absolute atomic E-state index is 9.77. The van der Waals surface area contributed by atoms with E-state index in [9.17, 15) is 5.11 Å². The molecule has 23 heavy (non-hydrogen) atoms. The first-order valence-corrected chi connectivity index (χ1v) is 7.47. The number of hydrogen-bond donors (Lipinski definition) is 3. The second kappa shape index (κ2) is 4.36. The van der Waals surface area contributed by atoms with Gasteiger partial charge in [-0.15, -0.1) is 0 Å². The molecule has 0 unspecified atom stereocenters. The van der Waals surface area contributed by atoms with Crippen LogP contribution in [0.25, 0.3) is 44.0 Å². The third-order valence-electron chi connectivity index (χ3n) is 4.35. The van der Waals surface area contributed by atoms with Crippen LogP contribution in [0.2, 0.25) is 0 Å². The Labute approximate surface area is 131 Å². The van der Waals surface area contributed by atoms with Crippen LogP contribution in [0, 0.1) is 0 Å². The molecule has 4 nitrogen and oxygen atoms in total. The van der Waals surface area contributed by atoms with E-state index in [-0.39, 0.29) is 5.75 Å². The van der Waals surface area contributed by atoms with Gasteiger partial charge in [0.05, 0.1) is 11.2 Å². The van der Waals surface area contributed by atoms with Gasteiger partial charge in [-0.2, -0.15) is 0 Å². The van der Waals surface area contributed by atoms with Gasteiger partial charge in [0.15, 0.2) is 0 Å². The lowest BCUT2D eigenvalue weighted by molar-refractivity contribution is 0.476. The zero-order chi connectivity index (χ0) is 15.4. The van der Waals surface area contributed by atoms with E-state index < -0.39 is 0 Å². The highest BCUT2D eigenvalue weighted by Gasteiger charge is 2.14. The topological polar surface area (TPSA) is 64.7 Å². The van der Waals surface area contributed by atoms with E-state index in [1.54, 1.807) is 12.1 Å². The summed E-state index contributed by atoms with van der Waals surface area (Å²) in [6.07, 6.45) is 3.81. The monoisotopic (exact) mass is 299 g/mol. The maximum Gasteiger partial charge on any atom is 0.116 e. The van der Waals surface area contributed by atoms with Crippen molar-refractivity contribution < 1.29 is 5.11 Å². The van der Waals surface area contributed by atoms with Gasteiger partial charge in [0.2, 0.25) is 0 Å². The van der Waals surface area contributed by atoms with Gasteiger partial charge < -0.3 is 15.1 Å². The lowest BCUT2D eigenvalue weighted by Crippen LogP contribution is -1.83. The number of rotatable bonds is 1. The Bertz CT molecular complexity index is 1180. The molecule has 0 amide bonds. The maximum atomic E-state index is 9.77. The van der Waals surface area contributed by atoms with E-state index in [0.29, 0.717) is 0 Å². The van der Waals surface area contributed by atoms with Crippen LogP contribution in [0.15, 0.2) is 60.9 Å². The number of pyridine rings is 1. The molecule has 3 aromatic heterocycles. The average molecular weight is 299 g/mol. The number of H-pyrrole nitrogens is 2. The Kier molecular flexibility index (Phi) is 2.33. The molecular formula is C19H13N3O. The van der Waals surface area contributed by atoms with Crippen molar-refractivity contribution in [2.75, 3.05) is 0 Å². The molecule has 0 fully saturated rings. The first-order valence-electron chi connectivity index (χ1n) is 7.47. The number of para-hydroxylation sites is 1. The zero-order valence-corrected chi connectivity index (χ0v) is 12.2. The normalized spacial score (nSPS) is 11.7. The Morgan fingerprint density at radius 3 is 2.74 bits per heavy atom. The Hall–Kier alpha value is -3.27. The summed E-state index contributed by atoms with van der Waals surface area (Å²) >= 11 is 0. The number of aromatic amines is 2. The van der Waals surface area contributed by atoms with Gasteiger partial charge in [0, 0.05) is 45.1 Å². The lowest BCUT2D eigenvalue weighted by Gasteiger charge is -2.01. The van der Waals surface area contributed by atoms with E-state index in [2.05, 4.69) is 27.1 Å². The summed E-state index contributed by atoms with van der Waals surface area (Å²) < 4.78 is 0. The van der Waals surface area contributed by atoms with Crippen molar-refractivity contribution >= 4 is 32.7 Å². The van der Waals surface area contributed by atoms with E-state index >= 15 is 0 Å². The third-order valence-corrected chi connectivity index (χ3v) is 4.35. The number of aromatic nitrogens is 3. The van der Waals surface area contributed by atoms with Crippen LogP contribution in [0.3, 0.4) is 0 Å². The second-order valence-corrected chi connectivity index (χ2v) is 5.68. The molecule has 0 bridgehead atoms. The summed E-state index contributed by atoms with van der Waals surface area (Å²) in [6.45, 7) is 0. The highest BCUT2D eigenvalue weighted by atomic mass is 16.3. The standard InChI is InChI=1S/C19H13N3O/c23-11-5-6-17-14(9-11)13-7-8-20-18(19(13)22-17)15-10-21-16-4-2-1-3-12(15)16/h1-10,21-23H. The fourth-order valence-corrected chi connectivity index (χ4v) is 3.28. The molecule has 2 aromatic carbocycles. The minimum atomic E-state index is 0.267. The molecule has 3 N–H and O–H groups in total. The van der Waals surface area contributed by atoms with Crippen LogP contribution >= 0.6 is 0 Å². The summed E-state index contributed by atoms with van der Waals surface area (Å²) in [5, 5.41) is 13.0. The van der Waals surface area contributed by atoms with Crippen molar-refractivity contribution in [3.63, 3.8) is 0 Å². The van der Waals surface area contributed by atoms with Crippen molar-refractivity contribution in [2.45, 2.75) is 0 Å². The smallest absolute Gasteiger partial charge is 0.116 e. The highest BCUT2D eigenvalue weighted by molar-refractivity contribution is 6.13. The minimum absolute atomic E-state index is 0.267. The minimum Gasteiger partial charge on any atom is -0.508 e. The largest absolute Gasteiger partial charge is 0.508 e. The molecule has 5 rings (SSSR count). The van der Waals surface area contributed by atoms with Gasteiger partial charge in [-0.25, -0.2) is 0 Å². The van der Waals surface area contributed by atoms with Crippen molar-refractivity contribution in [3.05, 3.63) is 60.9 Å². The number of phenolic OH excluding ortho intramolecular Hbond substituents is 1. The summed E-state index contributed by atoms with van der Waals surface area (Å²) in [5.74, 6) is 0.267. The molecule has 0 saturated heterocycles. The second-order valence-electron chi connectivity index (χ2n) is 5.68. The molecule has 0 spiro atoms. The first-order chi connectivity index (χ1) is 11.3. The summed E-state index contributed by atoms with van der Waals surface area (Å²) in [6, 6.07) is 15.5. The molecule has 0 aliphatic carbocycles. The number of hydrogen-bond acceptors (Lipinski definition) is 2. The number of benzene rings is 2. The van der Waals surface area contributed by atoms with Gasteiger partial charge >= 0.3 is 0 Å². The fourth-order valence-electron chi connectivity index (χ4n) is 3.28. The van der Waals surface area contributed by atoms with Crippen molar-refractivity contribution in [1.82, 2.24) is 15.0 Å². The highest BCUT2D eigenvalue weighted by Crippen LogP contribution is 2.35. The molecule has 0 aliphatic rings. The number of nitrogens with zero attached hydrogens (tertiary/aromatic N) is 1. The van der Waals surface area contributed by atoms with Gasteiger partial charge in [-0.1, -0.05) is 18.2 Å². The predicted molar refractivity (Wildman–Crippen MR) is 92.6 cm³/mol. The van der Waals surface area contributed by atoms with Gasteiger partial charge in [0.25, 0.3) is 0 Å². The van der Waals surface area contributed by atoms with E-state index in [1.807, 2.05) is 36.7 Å². The Morgan fingerprint density at radius 2 is 1.78 bits per heavy atom. The molecule has 0 radical (unpaired) electrons. The van der Waals surface area contributed by atoms with E-state index in [0.717, 1.165) is 44.0 Å². The van der Waals surface area contributed by atoms with Gasteiger partial charge in [0.1, 0.15) is 5.75 Å². The van der Waals surface area contributed by atoms with E-state index in [4.69, 9.17) is 0 Å². The number of nitrogens with one attached hydrogen (secondary N) is 2. The van der Waals surface area contributed by atoms with Crippen LogP contribution in [-0.4, -0.2) is 20.1 Å². The van der Waals surface area contributed by atoms with Crippen molar-refractivity contribution in [2.24, 2.45) is 0 Å². The molecule has 4 heteroatoms. The molecule has 0 saturated carbocycles. The molecule has 110 valence electrons.